The number of hydrogen-bond acceptors (Lipinski definition) is 1. The highest BCUT2D eigenvalue weighted by atomic mass is 19.1. The molecule has 4 saturated carbocycles. The highest BCUT2D eigenvalue weighted by Gasteiger charge is 2.52. The van der Waals surface area contributed by atoms with Crippen LogP contribution in [-0.2, 0) is 6.54 Å². The van der Waals surface area contributed by atoms with E-state index in [1.54, 1.807) is 12.1 Å². The maximum Gasteiger partial charge on any atom is 0.123 e. The molecule has 1 nitrogen and oxygen atoms in total. The van der Waals surface area contributed by atoms with Gasteiger partial charge in [0.25, 0.3) is 0 Å². The summed E-state index contributed by atoms with van der Waals surface area (Å²) in [6, 6.07) is 7.50. The first-order chi connectivity index (χ1) is 10.1. The monoisotopic (exact) mass is 287 g/mol. The fourth-order valence-corrected chi connectivity index (χ4v) is 5.80. The van der Waals surface area contributed by atoms with Gasteiger partial charge in [0.05, 0.1) is 0 Å². The average Bonchev–Trinajstić information content (AvgIpc) is 2.45. The van der Waals surface area contributed by atoms with Crippen LogP contribution in [-0.4, -0.2) is 6.04 Å². The van der Waals surface area contributed by atoms with Crippen molar-refractivity contribution in [3.63, 3.8) is 0 Å². The van der Waals surface area contributed by atoms with Crippen molar-refractivity contribution in [3.8, 4) is 0 Å². The Kier molecular flexibility index (Phi) is 3.33. The fourth-order valence-electron chi connectivity index (χ4n) is 5.80. The van der Waals surface area contributed by atoms with Crippen LogP contribution in [0.1, 0.15) is 51.0 Å². The number of benzene rings is 1. The molecule has 1 aromatic carbocycles. The summed E-state index contributed by atoms with van der Waals surface area (Å²) in [6.07, 6.45) is 8.83. The highest BCUT2D eigenvalue weighted by Crippen LogP contribution is 2.61. The molecule has 0 amide bonds. The van der Waals surface area contributed by atoms with E-state index in [1.807, 2.05) is 12.1 Å². The van der Waals surface area contributed by atoms with Gasteiger partial charge in [-0.15, -0.1) is 0 Å². The first kappa shape index (κ1) is 13.8. The van der Waals surface area contributed by atoms with Crippen molar-refractivity contribution in [1.29, 1.82) is 0 Å². The lowest BCUT2D eigenvalue weighted by atomic mass is 9.48. The van der Waals surface area contributed by atoms with Gasteiger partial charge in [0.2, 0.25) is 0 Å². The molecule has 0 unspecified atom stereocenters. The smallest absolute Gasteiger partial charge is 0.123 e. The van der Waals surface area contributed by atoms with Crippen molar-refractivity contribution in [1.82, 2.24) is 5.32 Å². The van der Waals surface area contributed by atoms with Crippen LogP contribution in [0, 0.1) is 29.0 Å². The van der Waals surface area contributed by atoms with Gasteiger partial charge in [0.15, 0.2) is 0 Å². The Hall–Kier alpha value is -0.890. The number of hydrogen-bond donors (Lipinski definition) is 1. The van der Waals surface area contributed by atoms with E-state index in [1.165, 1.54) is 44.1 Å². The van der Waals surface area contributed by atoms with Crippen molar-refractivity contribution in [2.24, 2.45) is 23.2 Å². The molecule has 4 fully saturated rings. The first-order valence-corrected chi connectivity index (χ1v) is 8.61. The molecule has 2 heteroatoms. The van der Waals surface area contributed by atoms with Crippen LogP contribution >= 0.6 is 0 Å². The van der Waals surface area contributed by atoms with Gasteiger partial charge in [-0.25, -0.2) is 4.39 Å². The average molecular weight is 287 g/mol. The number of nitrogens with one attached hydrogen (secondary N) is 1. The second-order valence-electron chi connectivity index (χ2n) is 8.01. The van der Waals surface area contributed by atoms with Crippen molar-refractivity contribution < 1.29 is 4.39 Å². The topological polar surface area (TPSA) is 12.0 Å². The van der Waals surface area contributed by atoms with Gasteiger partial charge in [-0.2, -0.15) is 0 Å². The fraction of sp³-hybridized carbons (Fsp3) is 0.684. The van der Waals surface area contributed by atoms with Crippen molar-refractivity contribution in [2.45, 2.75) is 58.0 Å². The zero-order valence-electron chi connectivity index (χ0n) is 12.9. The predicted octanol–water partition coefficient (Wildman–Crippen LogP) is 4.52. The normalized spacial score (nSPS) is 38.7. The lowest BCUT2D eigenvalue weighted by Crippen LogP contribution is -2.54. The Balaban J connectivity index is 1.42. The van der Waals surface area contributed by atoms with E-state index in [9.17, 15) is 4.39 Å². The Morgan fingerprint density at radius 1 is 1.05 bits per heavy atom. The standard InChI is InChI=1S/C19H26FN/c1-13(21-12-14-2-4-18(20)5-3-14)19-9-15-6-16(10-19)8-17(7-15)11-19/h2-5,13,15-17,21H,6-12H2,1H3/t13-,15?,16?,17?,19?/m0/s1. The van der Waals surface area contributed by atoms with Gasteiger partial charge >= 0.3 is 0 Å². The molecule has 1 atom stereocenters. The molecule has 4 aliphatic carbocycles. The van der Waals surface area contributed by atoms with Gasteiger partial charge in [-0.3, -0.25) is 0 Å². The first-order valence-electron chi connectivity index (χ1n) is 8.61. The predicted molar refractivity (Wildman–Crippen MR) is 83.3 cm³/mol. The van der Waals surface area contributed by atoms with E-state index >= 15 is 0 Å². The SMILES string of the molecule is C[C@H](NCc1ccc(F)cc1)C12CC3CC(CC(C3)C1)C2. The lowest BCUT2D eigenvalue weighted by Gasteiger charge is -2.59. The van der Waals surface area contributed by atoms with E-state index in [0.29, 0.717) is 11.5 Å². The lowest BCUT2D eigenvalue weighted by molar-refractivity contribution is -0.0706. The van der Waals surface area contributed by atoms with E-state index in [-0.39, 0.29) is 5.82 Å². The zero-order chi connectivity index (χ0) is 14.4. The van der Waals surface area contributed by atoms with Crippen LogP contribution in [0.2, 0.25) is 0 Å². The summed E-state index contributed by atoms with van der Waals surface area (Å²) in [6.45, 7) is 3.25. The molecule has 1 aromatic rings. The summed E-state index contributed by atoms with van der Waals surface area (Å²) in [7, 11) is 0. The summed E-state index contributed by atoms with van der Waals surface area (Å²) in [5, 5.41) is 3.75. The third-order valence-corrected chi connectivity index (χ3v) is 6.53. The van der Waals surface area contributed by atoms with E-state index in [2.05, 4.69) is 12.2 Å². The Labute approximate surface area is 127 Å². The van der Waals surface area contributed by atoms with Gasteiger partial charge in [-0.05, 0) is 86.3 Å². The van der Waals surface area contributed by atoms with Crippen molar-refractivity contribution in [3.05, 3.63) is 35.6 Å². The summed E-state index contributed by atoms with van der Waals surface area (Å²) >= 11 is 0. The van der Waals surface area contributed by atoms with Gasteiger partial charge in [-0.1, -0.05) is 12.1 Å². The molecule has 4 aliphatic rings. The third-order valence-electron chi connectivity index (χ3n) is 6.53. The second kappa shape index (κ2) is 5.08. The maximum absolute atomic E-state index is 13.0. The van der Waals surface area contributed by atoms with Gasteiger partial charge < -0.3 is 5.32 Å². The van der Waals surface area contributed by atoms with Crippen molar-refractivity contribution in [2.75, 3.05) is 0 Å². The van der Waals surface area contributed by atoms with Crippen LogP contribution < -0.4 is 5.32 Å². The molecule has 5 rings (SSSR count). The van der Waals surface area contributed by atoms with E-state index < -0.39 is 0 Å². The maximum atomic E-state index is 13.0. The number of rotatable bonds is 4. The minimum Gasteiger partial charge on any atom is -0.310 e. The highest BCUT2D eigenvalue weighted by molar-refractivity contribution is 5.16. The quantitative estimate of drug-likeness (QED) is 0.858. The van der Waals surface area contributed by atoms with Crippen LogP contribution in [0.25, 0.3) is 0 Å². The summed E-state index contributed by atoms with van der Waals surface area (Å²) < 4.78 is 13.0. The van der Waals surface area contributed by atoms with Crippen LogP contribution in [0.5, 0.6) is 0 Å². The molecule has 21 heavy (non-hydrogen) atoms. The van der Waals surface area contributed by atoms with E-state index in [0.717, 1.165) is 24.3 Å². The number of halogens is 1. The minimum absolute atomic E-state index is 0.145. The second-order valence-corrected chi connectivity index (χ2v) is 8.01. The molecule has 114 valence electrons. The van der Waals surface area contributed by atoms with Crippen molar-refractivity contribution >= 4 is 0 Å². The summed E-state index contributed by atoms with van der Waals surface area (Å²) in [4.78, 5) is 0. The zero-order valence-corrected chi connectivity index (χ0v) is 12.9. The third kappa shape index (κ3) is 2.52. The molecular formula is C19H26FN. The summed E-state index contributed by atoms with van der Waals surface area (Å²) in [5.41, 5.74) is 1.74. The largest absolute Gasteiger partial charge is 0.310 e. The Morgan fingerprint density at radius 2 is 1.57 bits per heavy atom. The molecule has 4 bridgehead atoms. The molecule has 0 heterocycles. The molecule has 0 aliphatic heterocycles. The summed E-state index contributed by atoms with van der Waals surface area (Å²) in [5.74, 6) is 2.87. The Bertz CT molecular complexity index is 472. The van der Waals surface area contributed by atoms with Gasteiger partial charge in [0.1, 0.15) is 5.82 Å². The Morgan fingerprint density at radius 3 is 2.10 bits per heavy atom. The molecule has 1 N–H and O–H groups in total. The molecule has 0 saturated heterocycles. The van der Waals surface area contributed by atoms with Crippen LogP contribution in [0.15, 0.2) is 24.3 Å². The minimum atomic E-state index is -0.145. The molecule has 0 spiro atoms. The molecular weight excluding hydrogens is 261 g/mol. The van der Waals surface area contributed by atoms with Crippen LogP contribution in [0.4, 0.5) is 4.39 Å². The van der Waals surface area contributed by atoms with E-state index in [4.69, 9.17) is 0 Å². The molecule has 0 radical (unpaired) electrons. The van der Waals surface area contributed by atoms with Crippen LogP contribution in [0.3, 0.4) is 0 Å². The molecule has 0 aromatic heterocycles. The van der Waals surface area contributed by atoms with Gasteiger partial charge in [0, 0.05) is 12.6 Å².